The molecule has 190 valence electrons. The molecule has 2 bridgehead atoms. The van der Waals surface area contributed by atoms with Crippen LogP contribution < -0.4 is 15.6 Å². The second kappa shape index (κ2) is 8.72. The van der Waals surface area contributed by atoms with Crippen LogP contribution in [0.1, 0.15) is 39.2 Å². The Hall–Kier alpha value is -3.31. The molecule has 1 saturated carbocycles. The lowest BCUT2D eigenvalue weighted by molar-refractivity contribution is -0.137. The van der Waals surface area contributed by atoms with E-state index in [1.54, 1.807) is 4.90 Å². The molecular formula is C23H28F3N5O4. The lowest BCUT2D eigenvalue weighted by Gasteiger charge is -2.34. The zero-order valence-corrected chi connectivity index (χ0v) is 20.1. The van der Waals surface area contributed by atoms with E-state index in [0.717, 1.165) is 25.0 Å². The van der Waals surface area contributed by atoms with Crippen molar-refractivity contribution in [1.82, 2.24) is 19.7 Å². The normalized spacial score (nSPS) is 21.8. The number of nitrogens with zero attached hydrogens (tertiary/aromatic N) is 4. The van der Waals surface area contributed by atoms with Crippen molar-refractivity contribution in [3.63, 3.8) is 0 Å². The Morgan fingerprint density at radius 3 is 2.49 bits per heavy atom. The highest BCUT2D eigenvalue weighted by atomic mass is 19.4. The molecule has 9 nitrogen and oxygen atoms in total. The zero-order chi connectivity index (χ0) is 25.7. The van der Waals surface area contributed by atoms with E-state index in [1.807, 2.05) is 20.8 Å². The number of carbonyl (C=O) groups excluding carboxylic acids is 1. The number of halogens is 3. The van der Waals surface area contributed by atoms with Gasteiger partial charge < -0.3 is 19.7 Å². The number of rotatable bonds is 4. The zero-order valence-electron chi connectivity index (χ0n) is 20.1. The number of likely N-dealkylation sites (tertiary alicyclic amines) is 1. The highest BCUT2D eigenvalue weighted by molar-refractivity contribution is 5.70. The Bertz CT molecular complexity index is 1190. The van der Waals surface area contributed by atoms with Crippen LogP contribution in [0, 0.1) is 5.92 Å². The lowest BCUT2D eigenvalue weighted by Crippen LogP contribution is -2.50. The molecule has 1 N–H and O–H groups in total. The fourth-order valence-corrected chi connectivity index (χ4v) is 4.73. The molecule has 2 aliphatic rings. The van der Waals surface area contributed by atoms with Crippen molar-refractivity contribution >= 4 is 11.9 Å². The molecule has 3 atom stereocenters. The van der Waals surface area contributed by atoms with E-state index in [2.05, 4.69) is 15.5 Å². The number of piperidine rings is 1. The molecule has 12 heteroatoms. The van der Waals surface area contributed by atoms with Crippen molar-refractivity contribution in [3.8, 4) is 17.1 Å². The Labute approximate surface area is 200 Å². The molecule has 4 rings (SSSR count). The molecule has 2 fully saturated rings. The van der Waals surface area contributed by atoms with Crippen LogP contribution in [0.3, 0.4) is 0 Å². The van der Waals surface area contributed by atoms with Crippen LogP contribution in [0.4, 0.5) is 23.8 Å². The third-order valence-corrected chi connectivity index (χ3v) is 6.27. The van der Waals surface area contributed by atoms with Crippen LogP contribution in [0.25, 0.3) is 11.4 Å². The van der Waals surface area contributed by atoms with Crippen molar-refractivity contribution in [2.24, 2.45) is 13.0 Å². The summed E-state index contributed by atoms with van der Waals surface area (Å²) in [4.78, 5) is 27.4. The van der Waals surface area contributed by atoms with Crippen LogP contribution >= 0.6 is 0 Å². The number of alkyl halides is 3. The average molecular weight is 496 g/mol. The summed E-state index contributed by atoms with van der Waals surface area (Å²) in [6, 6.07) is 2.61. The Balaban J connectivity index is 1.57. The molecule has 2 heterocycles. The number of nitrogens with one attached hydrogen (secondary N) is 1. The highest BCUT2D eigenvalue weighted by Crippen LogP contribution is 2.40. The lowest BCUT2D eigenvalue weighted by atomic mass is 10.1. The third-order valence-electron chi connectivity index (χ3n) is 6.27. The number of ether oxygens (including phenoxy) is 2. The van der Waals surface area contributed by atoms with Gasteiger partial charge in [-0.05, 0) is 57.7 Å². The van der Waals surface area contributed by atoms with Gasteiger partial charge in [0.2, 0.25) is 5.82 Å². The van der Waals surface area contributed by atoms with Crippen LogP contribution in [-0.4, -0.2) is 57.1 Å². The number of aromatic nitrogens is 3. The number of benzene rings is 1. The fraction of sp³-hybridized carbons (Fsp3) is 0.565. The number of fused-ring (bicyclic) bond motifs is 2. The molecule has 2 aromatic rings. The number of carbonyl (C=O) groups is 1. The number of hydrogen-bond donors (Lipinski definition) is 1. The van der Waals surface area contributed by atoms with E-state index in [1.165, 1.54) is 24.8 Å². The molecule has 0 radical (unpaired) electrons. The standard InChI is InChI=1S/C23H28F3N5O4/c1-22(2,3)35-21(33)31-11-12-8-15(16(31)9-12)27-18-20(32)30(4)19(29-28-18)14-7-6-13(23(24,25)26)10-17(14)34-5/h6-7,10,12,15-16H,8-9,11H2,1-5H3,(H,27,28). The molecule has 1 saturated heterocycles. The van der Waals surface area contributed by atoms with Crippen LogP contribution in [0.15, 0.2) is 23.0 Å². The van der Waals surface area contributed by atoms with Crippen molar-refractivity contribution in [1.29, 1.82) is 0 Å². The van der Waals surface area contributed by atoms with Gasteiger partial charge in [-0.3, -0.25) is 9.36 Å². The molecule has 1 aliphatic carbocycles. The first-order valence-electron chi connectivity index (χ1n) is 11.2. The Morgan fingerprint density at radius 1 is 1.17 bits per heavy atom. The van der Waals surface area contributed by atoms with Gasteiger partial charge in [0.25, 0.3) is 5.56 Å². The summed E-state index contributed by atoms with van der Waals surface area (Å²) in [5.41, 5.74) is -1.78. The molecule has 1 amide bonds. The quantitative estimate of drug-likeness (QED) is 0.691. The molecule has 0 spiro atoms. The molecule has 3 unspecified atom stereocenters. The first-order chi connectivity index (χ1) is 16.3. The number of anilines is 1. The SMILES string of the molecule is COc1cc(C(F)(F)F)ccc1-c1nnc(NC2CC3CC2N(C(=O)OC(C)(C)C)C3)c(=O)n1C. The fourth-order valence-electron chi connectivity index (χ4n) is 4.73. The van der Waals surface area contributed by atoms with Crippen LogP contribution in [0.2, 0.25) is 0 Å². The summed E-state index contributed by atoms with van der Waals surface area (Å²) in [5.74, 6) is 0.279. The molecule has 35 heavy (non-hydrogen) atoms. The van der Waals surface area contributed by atoms with Gasteiger partial charge in [0, 0.05) is 19.6 Å². The number of amides is 1. The molecule has 1 aliphatic heterocycles. The van der Waals surface area contributed by atoms with Gasteiger partial charge in [0.05, 0.1) is 24.3 Å². The van der Waals surface area contributed by atoms with E-state index in [-0.39, 0.29) is 47.1 Å². The van der Waals surface area contributed by atoms with Gasteiger partial charge in [-0.15, -0.1) is 10.2 Å². The van der Waals surface area contributed by atoms with E-state index < -0.39 is 22.9 Å². The topological polar surface area (TPSA) is 98.6 Å². The van der Waals surface area contributed by atoms with Gasteiger partial charge in [0.15, 0.2) is 5.82 Å². The summed E-state index contributed by atoms with van der Waals surface area (Å²) in [6.07, 6.45) is -3.36. The van der Waals surface area contributed by atoms with Gasteiger partial charge in [-0.2, -0.15) is 13.2 Å². The largest absolute Gasteiger partial charge is 0.496 e. The Morgan fingerprint density at radius 2 is 1.89 bits per heavy atom. The predicted molar refractivity (Wildman–Crippen MR) is 121 cm³/mol. The van der Waals surface area contributed by atoms with Crippen molar-refractivity contribution in [2.75, 3.05) is 19.0 Å². The maximum absolute atomic E-state index is 13.1. The second-order valence-corrected chi connectivity index (χ2v) is 9.94. The minimum Gasteiger partial charge on any atom is -0.496 e. The summed E-state index contributed by atoms with van der Waals surface area (Å²) >= 11 is 0. The first kappa shape index (κ1) is 24.8. The summed E-state index contributed by atoms with van der Waals surface area (Å²) in [5, 5.41) is 11.3. The maximum Gasteiger partial charge on any atom is 0.416 e. The van der Waals surface area contributed by atoms with Gasteiger partial charge in [-0.25, -0.2) is 4.79 Å². The monoisotopic (exact) mass is 495 g/mol. The molecular weight excluding hydrogens is 467 g/mol. The van der Waals surface area contributed by atoms with Crippen molar-refractivity contribution in [3.05, 3.63) is 34.1 Å². The number of hydrogen-bond acceptors (Lipinski definition) is 7. The van der Waals surface area contributed by atoms with E-state index in [0.29, 0.717) is 6.54 Å². The van der Waals surface area contributed by atoms with Crippen molar-refractivity contribution < 1.29 is 27.4 Å². The van der Waals surface area contributed by atoms with Gasteiger partial charge in [0.1, 0.15) is 11.4 Å². The predicted octanol–water partition coefficient (Wildman–Crippen LogP) is 3.68. The smallest absolute Gasteiger partial charge is 0.416 e. The second-order valence-electron chi connectivity index (χ2n) is 9.94. The Kier molecular flexibility index (Phi) is 6.18. The van der Waals surface area contributed by atoms with E-state index in [4.69, 9.17) is 9.47 Å². The highest BCUT2D eigenvalue weighted by Gasteiger charge is 2.48. The van der Waals surface area contributed by atoms with E-state index >= 15 is 0 Å². The average Bonchev–Trinajstić information content (AvgIpc) is 3.36. The van der Waals surface area contributed by atoms with E-state index in [9.17, 15) is 22.8 Å². The molecule has 1 aromatic carbocycles. The van der Waals surface area contributed by atoms with Crippen molar-refractivity contribution in [2.45, 2.75) is 57.5 Å². The maximum atomic E-state index is 13.1. The van der Waals surface area contributed by atoms with Gasteiger partial charge >= 0.3 is 12.3 Å². The van der Waals surface area contributed by atoms with Crippen LogP contribution in [0.5, 0.6) is 5.75 Å². The minimum atomic E-state index is -4.54. The first-order valence-corrected chi connectivity index (χ1v) is 11.2. The summed E-state index contributed by atoms with van der Waals surface area (Å²) in [6.45, 7) is 6.03. The number of methoxy groups -OCH3 is 1. The third kappa shape index (κ3) is 4.92. The summed E-state index contributed by atoms with van der Waals surface area (Å²) in [7, 11) is 2.70. The van der Waals surface area contributed by atoms with Crippen LogP contribution in [-0.2, 0) is 18.0 Å². The minimum absolute atomic E-state index is 0.00353. The summed E-state index contributed by atoms with van der Waals surface area (Å²) < 4.78 is 51.1. The van der Waals surface area contributed by atoms with Gasteiger partial charge in [-0.1, -0.05) is 0 Å². The molecule has 1 aromatic heterocycles.